The Balaban J connectivity index is 1.57. The lowest BCUT2D eigenvalue weighted by Crippen LogP contribution is -2.47. The first-order valence-electron chi connectivity index (χ1n) is 9.88. The number of nitrogens with one attached hydrogen (secondary N) is 1. The molecule has 148 valence electrons. The predicted octanol–water partition coefficient (Wildman–Crippen LogP) is 3.00. The van der Waals surface area contributed by atoms with Gasteiger partial charge in [0.2, 0.25) is 11.9 Å². The summed E-state index contributed by atoms with van der Waals surface area (Å²) in [4.78, 5) is 26.3. The molecule has 1 fully saturated rings. The van der Waals surface area contributed by atoms with Crippen molar-refractivity contribution in [3.63, 3.8) is 0 Å². The van der Waals surface area contributed by atoms with Gasteiger partial charge >= 0.3 is 0 Å². The maximum Gasteiger partial charge on any atom is 0.240 e. The number of likely N-dealkylation sites (N-methyl/N-ethyl adjacent to an activating group) is 1. The number of amides is 1. The van der Waals surface area contributed by atoms with E-state index in [1.807, 2.05) is 66.7 Å². The molecular weight excluding hydrogens is 362 g/mol. The van der Waals surface area contributed by atoms with Crippen LogP contribution in [0.1, 0.15) is 0 Å². The molecule has 29 heavy (non-hydrogen) atoms. The van der Waals surface area contributed by atoms with E-state index in [1.54, 1.807) is 0 Å². The fourth-order valence-corrected chi connectivity index (χ4v) is 3.39. The van der Waals surface area contributed by atoms with E-state index < -0.39 is 0 Å². The maximum atomic E-state index is 12.6. The number of benzene rings is 2. The van der Waals surface area contributed by atoms with Crippen molar-refractivity contribution in [1.29, 1.82) is 0 Å². The third-order valence-electron chi connectivity index (χ3n) is 5.08. The zero-order chi connectivity index (χ0) is 20.1. The van der Waals surface area contributed by atoms with E-state index in [0.717, 1.165) is 48.7 Å². The molecule has 4 rings (SSSR count). The summed E-state index contributed by atoms with van der Waals surface area (Å²) in [6.45, 7) is 4.10. The fourth-order valence-electron chi connectivity index (χ4n) is 3.39. The van der Waals surface area contributed by atoms with Crippen molar-refractivity contribution in [1.82, 2.24) is 19.8 Å². The molecular formula is C23H25N5O. The largest absolute Gasteiger partial charge is 0.304 e. The number of piperazine rings is 1. The van der Waals surface area contributed by atoms with Crippen LogP contribution >= 0.6 is 0 Å². The van der Waals surface area contributed by atoms with Crippen LogP contribution in [0.5, 0.6) is 0 Å². The lowest BCUT2D eigenvalue weighted by molar-refractivity contribution is -0.117. The highest BCUT2D eigenvalue weighted by molar-refractivity contribution is 5.91. The summed E-state index contributed by atoms with van der Waals surface area (Å²) in [5.41, 5.74) is 3.55. The summed E-state index contributed by atoms with van der Waals surface area (Å²) in [7, 11) is 2.10. The smallest absolute Gasteiger partial charge is 0.240 e. The van der Waals surface area contributed by atoms with Crippen molar-refractivity contribution in [2.75, 3.05) is 45.1 Å². The Morgan fingerprint density at radius 2 is 1.38 bits per heavy atom. The number of rotatable bonds is 5. The van der Waals surface area contributed by atoms with Gasteiger partial charge in [0.25, 0.3) is 0 Å². The molecule has 0 aliphatic carbocycles. The molecule has 2 aromatic carbocycles. The zero-order valence-corrected chi connectivity index (χ0v) is 16.6. The monoisotopic (exact) mass is 387 g/mol. The summed E-state index contributed by atoms with van der Waals surface area (Å²) in [5, 5.41) is 2.90. The fraction of sp³-hybridized carbons (Fsp3) is 0.261. The third kappa shape index (κ3) is 5.04. The van der Waals surface area contributed by atoms with E-state index >= 15 is 0 Å². The molecule has 0 unspecified atom stereocenters. The molecule has 1 saturated heterocycles. The molecule has 3 aromatic rings. The van der Waals surface area contributed by atoms with Gasteiger partial charge in [-0.15, -0.1) is 0 Å². The van der Waals surface area contributed by atoms with E-state index in [0.29, 0.717) is 12.5 Å². The second-order valence-corrected chi connectivity index (χ2v) is 7.32. The molecule has 1 aliphatic rings. The number of anilines is 1. The summed E-state index contributed by atoms with van der Waals surface area (Å²) in [5.74, 6) is 0.253. The van der Waals surface area contributed by atoms with Crippen LogP contribution in [-0.2, 0) is 4.79 Å². The minimum atomic E-state index is -0.0845. The molecule has 0 atom stereocenters. The van der Waals surface area contributed by atoms with E-state index in [2.05, 4.69) is 32.1 Å². The molecule has 1 amide bonds. The molecule has 1 aromatic heterocycles. The van der Waals surface area contributed by atoms with E-state index in [9.17, 15) is 4.79 Å². The van der Waals surface area contributed by atoms with Crippen molar-refractivity contribution in [2.45, 2.75) is 0 Å². The van der Waals surface area contributed by atoms with E-state index in [-0.39, 0.29) is 5.91 Å². The third-order valence-corrected chi connectivity index (χ3v) is 5.08. The first kappa shape index (κ1) is 19.2. The zero-order valence-electron chi connectivity index (χ0n) is 16.6. The Hall–Kier alpha value is -3.09. The standard InChI is InChI=1S/C23H25N5O/c1-27-12-14-28(15-13-27)17-22(29)26-23-24-20(18-8-4-2-5-9-18)16-21(25-23)19-10-6-3-7-11-19/h2-11,16H,12-15,17H2,1H3,(H,24,25,26,29). The molecule has 0 radical (unpaired) electrons. The van der Waals surface area contributed by atoms with E-state index in [1.165, 1.54) is 0 Å². The van der Waals surface area contributed by atoms with Crippen LogP contribution in [0.2, 0.25) is 0 Å². The minimum Gasteiger partial charge on any atom is -0.304 e. The van der Waals surface area contributed by atoms with Crippen molar-refractivity contribution in [3.05, 3.63) is 66.7 Å². The van der Waals surface area contributed by atoms with Crippen molar-refractivity contribution >= 4 is 11.9 Å². The molecule has 6 heteroatoms. The summed E-state index contributed by atoms with van der Waals surface area (Å²) in [6, 6.07) is 21.8. The Bertz CT molecular complexity index is 896. The number of nitrogens with zero attached hydrogens (tertiary/aromatic N) is 4. The lowest BCUT2D eigenvalue weighted by atomic mass is 10.1. The lowest BCUT2D eigenvalue weighted by Gasteiger charge is -2.31. The maximum absolute atomic E-state index is 12.6. The van der Waals surface area contributed by atoms with Crippen molar-refractivity contribution < 1.29 is 4.79 Å². The first-order valence-corrected chi connectivity index (χ1v) is 9.88. The van der Waals surface area contributed by atoms with Gasteiger partial charge in [0.05, 0.1) is 17.9 Å². The van der Waals surface area contributed by atoms with Crippen LogP contribution in [0.4, 0.5) is 5.95 Å². The molecule has 0 saturated carbocycles. The van der Waals surface area contributed by atoms with Gasteiger partial charge in [-0.05, 0) is 13.1 Å². The molecule has 1 aliphatic heterocycles. The van der Waals surface area contributed by atoms with Crippen LogP contribution in [0.15, 0.2) is 66.7 Å². The van der Waals surface area contributed by atoms with Gasteiger partial charge in [0.1, 0.15) is 0 Å². The second kappa shape index (κ2) is 8.94. The van der Waals surface area contributed by atoms with E-state index in [4.69, 9.17) is 0 Å². The first-order chi connectivity index (χ1) is 14.2. The minimum absolute atomic E-state index is 0.0845. The molecule has 2 heterocycles. The normalized spacial score (nSPS) is 15.2. The van der Waals surface area contributed by atoms with Crippen molar-refractivity contribution in [3.8, 4) is 22.5 Å². The van der Waals surface area contributed by atoms with Crippen molar-refractivity contribution in [2.24, 2.45) is 0 Å². The number of carbonyl (C=O) groups is 1. The molecule has 0 spiro atoms. The van der Waals surface area contributed by atoms with Gasteiger partial charge in [-0.1, -0.05) is 60.7 Å². The number of hydrogen-bond donors (Lipinski definition) is 1. The van der Waals surface area contributed by atoms with Gasteiger partial charge in [-0.25, -0.2) is 9.97 Å². The van der Waals surface area contributed by atoms with Crippen LogP contribution in [0, 0.1) is 0 Å². The summed E-state index contributed by atoms with van der Waals surface area (Å²) >= 11 is 0. The number of aromatic nitrogens is 2. The Kier molecular flexibility index (Phi) is 5.93. The molecule has 0 bridgehead atoms. The van der Waals surface area contributed by atoms with Gasteiger partial charge in [0, 0.05) is 37.3 Å². The van der Waals surface area contributed by atoms with Gasteiger partial charge in [-0.2, -0.15) is 0 Å². The second-order valence-electron chi connectivity index (χ2n) is 7.32. The van der Waals surface area contributed by atoms with Gasteiger partial charge < -0.3 is 4.90 Å². The SMILES string of the molecule is CN1CCN(CC(=O)Nc2nc(-c3ccccc3)cc(-c3ccccc3)n2)CC1. The van der Waals surface area contributed by atoms with Gasteiger partial charge in [0.15, 0.2) is 0 Å². The van der Waals surface area contributed by atoms with Crippen LogP contribution in [0.3, 0.4) is 0 Å². The van der Waals surface area contributed by atoms with Crippen LogP contribution in [-0.4, -0.2) is 65.4 Å². The Morgan fingerprint density at radius 3 is 1.90 bits per heavy atom. The molecule has 1 N–H and O–H groups in total. The highest BCUT2D eigenvalue weighted by Crippen LogP contribution is 2.25. The number of hydrogen-bond acceptors (Lipinski definition) is 5. The summed E-state index contributed by atoms with van der Waals surface area (Å²) in [6.07, 6.45) is 0. The topological polar surface area (TPSA) is 61.4 Å². The molecule has 6 nitrogen and oxygen atoms in total. The van der Waals surface area contributed by atoms with Crippen LogP contribution < -0.4 is 5.32 Å². The Morgan fingerprint density at radius 1 is 0.862 bits per heavy atom. The average molecular weight is 387 g/mol. The average Bonchev–Trinajstić information content (AvgIpc) is 2.76. The number of carbonyl (C=O) groups excluding carboxylic acids is 1. The quantitative estimate of drug-likeness (QED) is 0.729. The van der Waals surface area contributed by atoms with Gasteiger partial charge in [-0.3, -0.25) is 15.0 Å². The predicted molar refractivity (Wildman–Crippen MR) is 115 cm³/mol. The Labute approximate surface area is 171 Å². The summed E-state index contributed by atoms with van der Waals surface area (Å²) < 4.78 is 0. The highest BCUT2D eigenvalue weighted by Gasteiger charge is 2.18. The van der Waals surface area contributed by atoms with Crippen LogP contribution in [0.25, 0.3) is 22.5 Å². The highest BCUT2D eigenvalue weighted by atomic mass is 16.2.